The van der Waals surface area contributed by atoms with E-state index in [2.05, 4.69) is 31.0 Å². The Hall–Kier alpha value is -0.0800. The van der Waals surface area contributed by atoms with Crippen LogP contribution in [0.1, 0.15) is 65.7 Å². The molecule has 0 radical (unpaired) electrons. The molecule has 0 amide bonds. The summed E-state index contributed by atoms with van der Waals surface area (Å²) in [4.78, 5) is 2.71. The van der Waals surface area contributed by atoms with Gasteiger partial charge in [0.25, 0.3) is 0 Å². The summed E-state index contributed by atoms with van der Waals surface area (Å²) in [7, 11) is 0. The first-order valence-corrected chi connectivity index (χ1v) is 7.72. The molecule has 2 unspecified atom stereocenters. The third-order valence-corrected chi connectivity index (χ3v) is 4.07. The monoisotopic (exact) mass is 240 g/mol. The molecule has 0 aliphatic carbocycles. The second-order valence-corrected chi connectivity index (χ2v) is 5.70. The molecule has 2 atom stereocenters. The molecule has 2 heteroatoms. The topological polar surface area (TPSA) is 15.3 Å². The van der Waals surface area contributed by atoms with Crippen LogP contribution in [0.25, 0.3) is 0 Å². The lowest BCUT2D eigenvalue weighted by atomic mass is 10.1. The van der Waals surface area contributed by atoms with Gasteiger partial charge in [0.1, 0.15) is 0 Å². The summed E-state index contributed by atoms with van der Waals surface area (Å²) in [6, 6.07) is 1.48. The van der Waals surface area contributed by atoms with Gasteiger partial charge in [0.05, 0.1) is 0 Å². The first kappa shape index (κ1) is 15.0. The summed E-state index contributed by atoms with van der Waals surface area (Å²) < 4.78 is 0. The van der Waals surface area contributed by atoms with Crippen molar-refractivity contribution in [2.75, 3.05) is 19.6 Å². The summed E-state index contributed by atoms with van der Waals surface area (Å²) in [6.45, 7) is 10.7. The summed E-state index contributed by atoms with van der Waals surface area (Å²) in [5.41, 5.74) is 0. The van der Waals surface area contributed by atoms with Gasteiger partial charge < -0.3 is 5.32 Å². The zero-order valence-corrected chi connectivity index (χ0v) is 12.2. The van der Waals surface area contributed by atoms with E-state index in [1.165, 1.54) is 58.0 Å². The minimum atomic E-state index is 0.699. The highest BCUT2D eigenvalue weighted by Gasteiger charge is 2.21. The Labute approximate surface area is 108 Å². The zero-order chi connectivity index (χ0) is 12.5. The van der Waals surface area contributed by atoms with Crippen LogP contribution in [0.4, 0.5) is 0 Å². The van der Waals surface area contributed by atoms with Gasteiger partial charge in [-0.1, -0.05) is 32.6 Å². The lowest BCUT2D eigenvalue weighted by Gasteiger charge is -2.33. The molecule has 1 fully saturated rings. The van der Waals surface area contributed by atoms with Crippen molar-refractivity contribution in [1.29, 1.82) is 0 Å². The van der Waals surface area contributed by atoms with E-state index >= 15 is 0 Å². The van der Waals surface area contributed by atoms with Crippen LogP contribution >= 0.6 is 0 Å². The lowest BCUT2D eigenvalue weighted by molar-refractivity contribution is 0.155. The van der Waals surface area contributed by atoms with Crippen LogP contribution < -0.4 is 5.32 Å². The normalized spacial score (nSPS) is 24.5. The Balaban J connectivity index is 2.18. The maximum absolute atomic E-state index is 3.62. The molecule has 0 aromatic rings. The molecule has 1 aliphatic rings. The van der Waals surface area contributed by atoms with Gasteiger partial charge in [-0.15, -0.1) is 0 Å². The summed E-state index contributed by atoms with van der Waals surface area (Å²) in [6.07, 6.45) is 9.65. The van der Waals surface area contributed by atoms with Crippen molar-refractivity contribution in [3.05, 3.63) is 0 Å². The first-order chi connectivity index (χ1) is 8.25. The van der Waals surface area contributed by atoms with Gasteiger partial charge in [-0.25, -0.2) is 0 Å². The third kappa shape index (κ3) is 5.87. The van der Waals surface area contributed by atoms with Crippen molar-refractivity contribution in [3.63, 3.8) is 0 Å². The molecule has 0 spiro atoms. The van der Waals surface area contributed by atoms with Crippen LogP contribution in [0.3, 0.4) is 0 Å². The van der Waals surface area contributed by atoms with Crippen molar-refractivity contribution in [1.82, 2.24) is 10.2 Å². The van der Waals surface area contributed by atoms with E-state index in [1.54, 1.807) is 0 Å². The van der Waals surface area contributed by atoms with Crippen molar-refractivity contribution < 1.29 is 0 Å². The second-order valence-electron chi connectivity index (χ2n) is 5.70. The highest BCUT2D eigenvalue weighted by molar-refractivity contribution is 4.77. The highest BCUT2D eigenvalue weighted by atomic mass is 15.2. The minimum absolute atomic E-state index is 0.699. The highest BCUT2D eigenvalue weighted by Crippen LogP contribution is 2.18. The maximum atomic E-state index is 3.62. The number of rotatable bonds is 7. The van der Waals surface area contributed by atoms with E-state index in [-0.39, 0.29) is 0 Å². The van der Waals surface area contributed by atoms with E-state index in [0.29, 0.717) is 6.04 Å². The summed E-state index contributed by atoms with van der Waals surface area (Å²) in [5.74, 6) is 0. The lowest BCUT2D eigenvalue weighted by Crippen LogP contribution is -2.45. The number of unbranched alkanes of at least 4 members (excludes halogenated alkanes) is 2. The zero-order valence-electron chi connectivity index (χ0n) is 12.2. The van der Waals surface area contributed by atoms with E-state index in [9.17, 15) is 0 Å². The van der Waals surface area contributed by atoms with Crippen LogP contribution in [0.15, 0.2) is 0 Å². The first-order valence-electron chi connectivity index (χ1n) is 7.72. The van der Waals surface area contributed by atoms with Crippen molar-refractivity contribution in [2.24, 2.45) is 0 Å². The van der Waals surface area contributed by atoms with Gasteiger partial charge in [-0.05, 0) is 46.2 Å². The van der Waals surface area contributed by atoms with Gasteiger partial charge in [0.2, 0.25) is 0 Å². The fourth-order valence-corrected chi connectivity index (χ4v) is 2.88. The van der Waals surface area contributed by atoms with E-state index in [0.717, 1.165) is 12.6 Å². The molecule has 2 nitrogen and oxygen atoms in total. The molecule has 102 valence electrons. The Morgan fingerprint density at radius 1 is 1.24 bits per heavy atom. The molecule has 0 aromatic carbocycles. The molecular weight excluding hydrogens is 208 g/mol. The molecule has 1 N–H and O–H groups in total. The number of hydrogen-bond acceptors (Lipinski definition) is 2. The number of hydrogen-bond donors (Lipinski definition) is 1. The van der Waals surface area contributed by atoms with Crippen LogP contribution in [0, 0.1) is 0 Å². The van der Waals surface area contributed by atoms with Crippen molar-refractivity contribution in [2.45, 2.75) is 77.8 Å². The molecule has 1 saturated heterocycles. The Morgan fingerprint density at radius 2 is 2.06 bits per heavy atom. The minimum Gasteiger partial charge on any atom is -0.315 e. The van der Waals surface area contributed by atoms with E-state index < -0.39 is 0 Å². The molecule has 0 saturated carbocycles. The largest absolute Gasteiger partial charge is 0.315 e. The standard InChI is InChI=1S/C15H32N2/c1-4-5-8-11-16-13-15(3)17-12-9-6-7-10-14(17)2/h14-16H,4-13H2,1-3H3. The molecular formula is C15H32N2. The smallest absolute Gasteiger partial charge is 0.0195 e. The Morgan fingerprint density at radius 3 is 2.82 bits per heavy atom. The van der Waals surface area contributed by atoms with Gasteiger partial charge in [-0.3, -0.25) is 4.90 Å². The Bertz CT molecular complexity index is 182. The SMILES string of the molecule is CCCCCNCC(C)N1CCCCCC1C. The van der Waals surface area contributed by atoms with Crippen LogP contribution in [0.5, 0.6) is 0 Å². The van der Waals surface area contributed by atoms with Crippen molar-refractivity contribution >= 4 is 0 Å². The van der Waals surface area contributed by atoms with Crippen LogP contribution in [-0.2, 0) is 0 Å². The number of likely N-dealkylation sites (tertiary alicyclic amines) is 1. The average molecular weight is 240 g/mol. The predicted octanol–water partition coefficient (Wildman–Crippen LogP) is 3.42. The van der Waals surface area contributed by atoms with Gasteiger partial charge in [0.15, 0.2) is 0 Å². The molecule has 1 aliphatic heterocycles. The third-order valence-electron chi connectivity index (χ3n) is 4.07. The molecule has 1 heterocycles. The summed E-state index contributed by atoms with van der Waals surface area (Å²) in [5, 5.41) is 3.62. The van der Waals surface area contributed by atoms with Gasteiger partial charge in [-0.2, -0.15) is 0 Å². The average Bonchev–Trinajstić information content (AvgIpc) is 2.53. The number of nitrogens with one attached hydrogen (secondary N) is 1. The van der Waals surface area contributed by atoms with Crippen molar-refractivity contribution in [3.8, 4) is 0 Å². The van der Waals surface area contributed by atoms with Gasteiger partial charge >= 0.3 is 0 Å². The molecule has 0 aromatic heterocycles. The quantitative estimate of drug-likeness (QED) is 0.686. The molecule has 17 heavy (non-hydrogen) atoms. The fourth-order valence-electron chi connectivity index (χ4n) is 2.88. The van der Waals surface area contributed by atoms with Gasteiger partial charge in [0, 0.05) is 18.6 Å². The number of nitrogens with zero attached hydrogens (tertiary/aromatic N) is 1. The maximum Gasteiger partial charge on any atom is 0.0195 e. The fraction of sp³-hybridized carbons (Fsp3) is 1.00. The molecule has 0 bridgehead atoms. The van der Waals surface area contributed by atoms with E-state index in [1.807, 2.05) is 0 Å². The summed E-state index contributed by atoms with van der Waals surface area (Å²) >= 11 is 0. The van der Waals surface area contributed by atoms with Crippen LogP contribution in [-0.4, -0.2) is 36.6 Å². The van der Waals surface area contributed by atoms with Crippen LogP contribution in [0.2, 0.25) is 0 Å². The molecule has 1 rings (SSSR count). The Kier molecular flexibility index (Phi) is 7.87. The predicted molar refractivity (Wildman–Crippen MR) is 76.5 cm³/mol. The second kappa shape index (κ2) is 8.93. The van der Waals surface area contributed by atoms with E-state index in [4.69, 9.17) is 0 Å².